The van der Waals surface area contributed by atoms with Gasteiger partial charge < -0.3 is 20.1 Å². The second-order valence-corrected chi connectivity index (χ2v) is 6.58. The summed E-state index contributed by atoms with van der Waals surface area (Å²) in [4.78, 5) is 29.6. The molecule has 1 aliphatic heterocycles. The molecule has 7 nitrogen and oxygen atoms in total. The zero-order chi connectivity index (χ0) is 22.2. The Labute approximate surface area is 165 Å². The number of alkyl halides is 3. The van der Waals surface area contributed by atoms with Gasteiger partial charge in [-0.25, -0.2) is 22.9 Å². The number of carbonyl (C=O) groups excluding carboxylic acids is 2. The SMILES string of the molecule is CC(NC(=O)c1ncn2c1CN(C(=O)Nc1cc(F)c(F)c(F)c1)CC2)C(F)(F)F. The van der Waals surface area contributed by atoms with Gasteiger partial charge in [-0.15, -0.1) is 0 Å². The maximum absolute atomic E-state index is 13.3. The molecule has 0 bridgehead atoms. The van der Waals surface area contributed by atoms with Crippen LogP contribution >= 0.6 is 0 Å². The van der Waals surface area contributed by atoms with Gasteiger partial charge in [-0.3, -0.25) is 4.79 Å². The normalized spacial score (nSPS) is 14.8. The lowest BCUT2D eigenvalue weighted by Gasteiger charge is -2.29. The van der Waals surface area contributed by atoms with E-state index in [0.29, 0.717) is 12.1 Å². The molecule has 3 rings (SSSR count). The number of halogens is 6. The van der Waals surface area contributed by atoms with Crippen molar-refractivity contribution in [3.63, 3.8) is 0 Å². The fourth-order valence-electron chi connectivity index (χ4n) is 2.79. The minimum atomic E-state index is -4.64. The molecule has 30 heavy (non-hydrogen) atoms. The van der Waals surface area contributed by atoms with Crippen LogP contribution in [0.4, 0.5) is 36.8 Å². The van der Waals surface area contributed by atoms with Gasteiger partial charge in [-0.2, -0.15) is 13.2 Å². The van der Waals surface area contributed by atoms with Gasteiger partial charge in [-0.05, 0) is 6.92 Å². The lowest BCUT2D eigenvalue weighted by atomic mass is 10.2. The summed E-state index contributed by atoms with van der Waals surface area (Å²) >= 11 is 0. The Morgan fingerprint density at radius 2 is 1.77 bits per heavy atom. The number of hydrogen-bond acceptors (Lipinski definition) is 3. The van der Waals surface area contributed by atoms with Crippen molar-refractivity contribution in [1.29, 1.82) is 0 Å². The van der Waals surface area contributed by atoms with E-state index >= 15 is 0 Å². The number of rotatable bonds is 3. The van der Waals surface area contributed by atoms with Gasteiger partial charge in [0.05, 0.1) is 18.6 Å². The number of nitrogens with zero attached hydrogens (tertiary/aromatic N) is 3. The Bertz CT molecular complexity index is 966. The van der Waals surface area contributed by atoms with Crippen LogP contribution in [0, 0.1) is 17.5 Å². The topological polar surface area (TPSA) is 79.3 Å². The van der Waals surface area contributed by atoms with Crippen molar-refractivity contribution in [2.45, 2.75) is 32.2 Å². The molecule has 13 heteroatoms. The zero-order valence-electron chi connectivity index (χ0n) is 15.4. The minimum Gasteiger partial charge on any atom is -0.339 e. The van der Waals surface area contributed by atoms with Crippen molar-refractivity contribution < 1.29 is 35.9 Å². The molecule has 0 spiro atoms. The van der Waals surface area contributed by atoms with Crippen molar-refractivity contribution in [2.75, 3.05) is 11.9 Å². The lowest BCUT2D eigenvalue weighted by Crippen LogP contribution is -2.44. The summed E-state index contributed by atoms with van der Waals surface area (Å²) in [7, 11) is 0. The molecule has 3 amide bonds. The first-order valence-electron chi connectivity index (χ1n) is 8.59. The van der Waals surface area contributed by atoms with E-state index in [4.69, 9.17) is 0 Å². The van der Waals surface area contributed by atoms with Gasteiger partial charge in [-0.1, -0.05) is 0 Å². The summed E-state index contributed by atoms with van der Waals surface area (Å²) in [5, 5.41) is 4.00. The van der Waals surface area contributed by atoms with Crippen LogP contribution in [0.1, 0.15) is 23.1 Å². The van der Waals surface area contributed by atoms with Crippen molar-refractivity contribution in [3.8, 4) is 0 Å². The monoisotopic (exact) mass is 435 g/mol. The molecule has 0 aliphatic carbocycles. The predicted octanol–water partition coefficient (Wildman–Crippen LogP) is 3.03. The van der Waals surface area contributed by atoms with Crippen LogP contribution in [0.15, 0.2) is 18.5 Å². The second-order valence-electron chi connectivity index (χ2n) is 6.58. The van der Waals surface area contributed by atoms with Crippen LogP contribution in [-0.2, 0) is 13.1 Å². The van der Waals surface area contributed by atoms with Crippen molar-refractivity contribution in [2.24, 2.45) is 0 Å². The number of fused-ring (bicyclic) bond motifs is 1. The number of hydrogen-bond donors (Lipinski definition) is 2. The molecule has 1 aromatic heterocycles. The van der Waals surface area contributed by atoms with Crippen LogP contribution < -0.4 is 10.6 Å². The average molecular weight is 435 g/mol. The van der Waals surface area contributed by atoms with Gasteiger partial charge in [0.25, 0.3) is 5.91 Å². The maximum Gasteiger partial charge on any atom is 0.408 e. The predicted molar refractivity (Wildman–Crippen MR) is 91.0 cm³/mol. The lowest BCUT2D eigenvalue weighted by molar-refractivity contribution is -0.149. The third-order valence-electron chi connectivity index (χ3n) is 4.47. The van der Waals surface area contributed by atoms with Crippen molar-refractivity contribution in [3.05, 3.63) is 47.3 Å². The highest BCUT2D eigenvalue weighted by atomic mass is 19.4. The number of amides is 3. The molecule has 0 radical (unpaired) electrons. The van der Waals surface area contributed by atoms with E-state index in [1.165, 1.54) is 15.8 Å². The second kappa shape index (κ2) is 7.88. The van der Waals surface area contributed by atoms with Crippen LogP contribution in [0.25, 0.3) is 0 Å². The summed E-state index contributed by atoms with van der Waals surface area (Å²) in [5.74, 6) is -5.71. The number of anilines is 1. The Kier molecular flexibility index (Phi) is 5.63. The molecule has 1 unspecified atom stereocenters. The van der Waals surface area contributed by atoms with E-state index in [1.54, 1.807) is 5.32 Å². The fourth-order valence-corrected chi connectivity index (χ4v) is 2.79. The number of urea groups is 1. The first-order valence-corrected chi connectivity index (χ1v) is 8.59. The molecule has 0 saturated carbocycles. The Morgan fingerprint density at radius 1 is 1.13 bits per heavy atom. The zero-order valence-corrected chi connectivity index (χ0v) is 15.4. The summed E-state index contributed by atoms with van der Waals surface area (Å²) in [6.45, 7) is 0.896. The Balaban J connectivity index is 1.73. The molecule has 1 aliphatic rings. The molecule has 1 aromatic carbocycles. The van der Waals surface area contributed by atoms with Crippen LogP contribution in [0.2, 0.25) is 0 Å². The van der Waals surface area contributed by atoms with Gasteiger partial charge in [0.1, 0.15) is 6.04 Å². The Morgan fingerprint density at radius 3 is 2.37 bits per heavy atom. The first kappa shape index (κ1) is 21.5. The summed E-state index contributed by atoms with van der Waals surface area (Å²) in [6.07, 6.45) is -3.37. The molecule has 2 N–H and O–H groups in total. The minimum absolute atomic E-state index is 0.126. The standard InChI is InChI=1S/C17H15F6N5O2/c1-8(17(21,22)23)25-15(29)14-12-6-27(2-3-28(12)7-24-14)16(30)26-9-4-10(18)13(20)11(19)5-9/h4-5,7-8H,2-3,6H2,1H3,(H,25,29)(H,26,30). The maximum atomic E-state index is 13.3. The quantitative estimate of drug-likeness (QED) is 0.575. The number of aromatic nitrogens is 2. The molecular formula is C17H15F6N5O2. The summed E-state index contributed by atoms with van der Waals surface area (Å²) in [5.41, 5.74) is -0.408. The van der Waals surface area contributed by atoms with E-state index in [9.17, 15) is 35.9 Å². The third kappa shape index (κ3) is 4.33. The van der Waals surface area contributed by atoms with Gasteiger partial charge in [0, 0.05) is 30.9 Å². The first-order chi connectivity index (χ1) is 14.0. The molecule has 162 valence electrons. The van der Waals surface area contributed by atoms with Crippen LogP contribution in [-0.4, -0.2) is 45.2 Å². The van der Waals surface area contributed by atoms with E-state index in [2.05, 4.69) is 10.3 Å². The number of benzene rings is 1. The molecule has 0 fully saturated rings. The van der Waals surface area contributed by atoms with Gasteiger partial charge >= 0.3 is 12.2 Å². The largest absolute Gasteiger partial charge is 0.408 e. The average Bonchev–Trinajstić information content (AvgIpc) is 3.08. The summed E-state index contributed by atoms with van der Waals surface area (Å²) in [6, 6.07) is -1.71. The van der Waals surface area contributed by atoms with Crippen LogP contribution in [0.5, 0.6) is 0 Å². The van der Waals surface area contributed by atoms with E-state index in [-0.39, 0.29) is 36.7 Å². The highest BCUT2D eigenvalue weighted by Gasteiger charge is 2.38. The molecule has 0 saturated heterocycles. The molecular weight excluding hydrogens is 420 g/mol. The van der Waals surface area contributed by atoms with E-state index < -0.39 is 41.6 Å². The van der Waals surface area contributed by atoms with Gasteiger partial charge in [0.2, 0.25) is 0 Å². The highest BCUT2D eigenvalue weighted by molar-refractivity contribution is 5.94. The fraction of sp³-hybridized carbons (Fsp3) is 0.353. The van der Waals surface area contributed by atoms with E-state index in [0.717, 1.165) is 6.92 Å². The number of carbonyl (C=O) groups is 2. The van der Waals surface area contributed by atoms with Crippen molar-refractivity contribution in [1.82, 2.24) is 19.8 Å². The molecule has 2 heterocycles. The highest BCUT2D eigenvalue weighted by Crippen LogP contribution is 2.22. The van der Waals surface area contributed by atoms with Crippen molar-refractivity contribution >= 4 is 17.6 Å². The van der Waals surface area contributed by atoms with Gasteiger partial charge in [0.15, 0.2) is 23.1 Å². The number of imidazole rings is 1. The Hall–Kier alpha value is -3.25. The van der Waals surface area contributed by atoms with Crippen LogP contribution in [0.3, 0.4) is 0 Å². The third-order valence-corrected chi connectivity index (χ3v) is 4.47. The smallest absolute Gasteiger partial charge is 0.339 e. The van der Waals surface area contributed by atoms with E-state index in [1.807, 2.05) is 0 Å². The molecule has 1 atom stereocenters. The molecule has 2 aromatic rings. The summed E-state index contributed by atoms with van der Waals surface area (Å²) < 4.78 is 79.1. The number of nitrogens with one attached hydrogen (secondary N) is 2.